The Balaban J connectivity index is 1.19. The van der Waals surface area contributed by atoms with E-state index in [-0.39, 0.29) is 19.3 Å². The molecule has 2 aromatic heterocycles. The van der Waals surface area contributed by atoms with Gasteiger partial charge in [0.25, 0.3) is 11.8 Å². The van der Waals surface area contributed by atoms with Gasteiger partial charge in [0.2, 0.25) is 0 Å². The van der Waals surface area contributed by atoms with Crippen LogP contribution in [0.5, 0.6) is 0 Å². The number of aliphatic imine (C=N–C) groups is 1. The summed E-state index contributed by atoms with van der Waals surface area (Å²) in [4.78, 5) is 49.4. The molecule has 1 saturated heterocycles. The molecule has 1 aliphatic heterocycles. The molecule has 228 valence electrons. The molecule has 0 spiro atoms. The smallest absolute Gasteiger partial charge is 0.330 e. The lowest BCUT2D eigenvalue weighted by Gasteiger charge is -2.12. The van der Waals surface area contributed by atoms with Crippen LogP contribution in [0, 0.1) is 0 Å². The second-order valence-corrected chi connectivity index (χ2v) is 10.8. The summed E-state index contributed by atoms with van der Waals surface area (Å²) in [6, 6.07) is 20.2. The quantitative estimate of drug-likeness (QED) is 0.0674. The molecule has 0 aliphatic carbocycles. The minimum Gasteiger partial charge on any atom is -0.330 e. The molecule has 5 rings (SSSR count). The maximum atomic E-state index is 11.9. The van der Waals surface area contributed by atoms with Crippen LogP contribution in [0.3, 0.4) is 0 Å². The van der Waals surface area contributed by atoms with Gasteiger partial charge in [0.05, 0.1) is 23.1 Å². The van der Waals surface area contributed by atoms with Gasteiger partial charge in [0.1, 0.15) is 11.0 Å². The number of hydroxylamine groups is 2. The third kappa shape index (κ3) is 8.10. The SMILES string of the molecule is C/C=C(\C=C/C=NCCCCCC(=O)ON1C(=O)CCC1=O)/C=C/c1nc(-c2ccccc2)c2nsnc2c1-c1ccccc1. The molecular formula is C35H33N5O4S. The average molecular weight is 620 g/mol. The van der Waals surface area contributed by atoms with Crippen molar-refractivity contribution in [3.05, 3.63) is 96.2 Å². The third-order valence-corrected chi connectivity index (χ3v) is 7.69. The molecule has 2 aromatic carbocycles. The first kappa shape index (κ1) is 31.3. The monoisotopic (exact) mass is 619 g/mol. The number of amides is 2. The summed E-state index contributed by atoms with van der Waals surface area (Å²) in [5, 5.41) is 0.588. The zero-order chi connectivity index (χ0) is 31.4. The highest BCUT2D eigenvalue weighted by atomic mass is 32.1. The molecule has 9 nitrogen and oxygen atoms in total. The van der Waals surface area contributed by atoms with Crippen LogP contribution in [-0.4, -0.2) is 49.3 Å². The Morgan fingerprint density at radius 1 is 0.911 bits per heavy atom. The van der Waals surface area contributed by atoms with E-state index in [1.165, 1.54) is 11.7 Å². The molecule has 0 atom stereocenters. The Morgan fingerprint density at radius 2 is 1.60 bits per heavy atom. The van der Waals surface area contributed by atoms with Gasteiger partial charge in [0.15, 0.2) is 0 Å². The van der Waals surface area contributed by atoms with Gasteiger partial charge in [-0.25, -0.2) is 9.78 Å². The number of hydrogen-bond acceptors (Lipinski definition) is 9. The second-order valence-electron chi connectivity index (χ2n) is 10.3. The number of benzene rings is 2. The number of nitrogens with zero attached hydrogens (tertiary/aromatic N) is 5. The standard InChI is InChI=1S/C35H33N5O4S/c1-2-25(13-12-24-36-23-11-5-10-18-31(43)44-40-29(41)21-22-30(40)42)19-20-28-32(26-14-6-3-7-15-26)34-35(39-45-38-34)33(37-28)27-16-8-4-9-17-27/h2-4,6-9,12-17,19-20,24H,5,10-11,18,21-23H2,1H3/b13-12-,20-19+,25-2+,36-24?. The van der Waals surface area contributed by atoms with Crippen LogP contribution in [0.15, 0.2) is 95.5 Å². The Kier molecular flexibility index (Phi) is 10.9. The normalized spacial score (nSPS) is 14.2. The zero-order valence-corrected chi connectivity index (χ0v) is 25.8. The first-order chi connectivity index (χ1) is 22.0. The number of fused-ring (bicyclic) bond motifs is 1. The fourth-order valence-electron chi connectivity index (χ4n) is 4.83. The highest BCUT2D eigenvalue weighted by Gasteiger charge is 2.32. The Hall–Kier alpha value is -5.09. The van der Waals surface area contributed by atoms with E-state index in [2.05, 4.69) is 25.9 Å². The number of imide groups is 1. The highest BCUT2D eigenvalue weighted by Crippen LogP contribution is 2.36. The van der Waals surface area contributed by atoms with Crippen molar-refractivity contribution >= 4 is 52.8 Å². The third-order valence-electron chi connectivity index (χ3n) is 7.16. The van der Waals surface area contributed by atoms with Crippen LogP contribution in [0.4, 0.5) is 0 Å². The summed E-state index contributed by atoms with van der Waals surface area (Å²) in [7, 11) is 0. The van der Waals surface area contributed by atoms with Crippen LogP contribution in [0.1, 0.15) is 51.1 Å². The van der Waals surface area contributed by atoms with Gasteiger partial charge in [-0.2, -0.15) is 8.75 Å². The number of rotatable bonds is 13. The molecule has 1 aliphatic rings. The van der Waals surface area contributed by atoms with E-state index < -0.39 is 17.8 Å². The van der Waals surface area contributed by atoms with Crippen LogP contribution in [0.2, 0.25) is 0 Å². The average Bonchev–Trinajstić information content (AvgIpc) is 3.68. The van der Waals surface area contributed by atoms with Crippen LogP contribution < -0.4 is 0 Å². The molecule has 0 radical (unpaired) electrons. The van der Waals surface area contributed by atoms with E-state index in [1.807, 2.05) is 85.8 Å². The largest absolute Gasteiger partial charge is 0.333 e. The molecule has 2 amide bonds. The fraction of sp³-hybridized carbons (Fsp3) is 0.229. The van der Waals surface area contributed by atoms with Crippen molar-refractivity contribution in [1.82, 2.24) is 18.8 Å². The summed E-state index contributed by atoms with van der Waals surface area (Å²) in [5.41, 5.74) is 7.19. The summed E-state index contributed by atoms with van der Waals surface area (Å²) in [5.74, 6) is -1.50. The molecule has 0 bridgehead atoms. The van der Waals surface area contributed by atoms with E-state index in [0.717, 1.165) is 57.5 Å². The van der Waals surface area contributed by atoms with E-state index in [9.17, 15) is 14.4 Å². The van der Waals surface area contributed by atoms with Crippen molar-refractivity contribution in [2.75, 3.05) is 6.54 Å². The molecule has 3 heterocycles. The summed E-state index contributed by atoms with van der Waals surface area (Å²) in [6.07, 6.45) is 14.2. The molecule has 10 heteroatoms. The molecule has 0 saturated carbocycles. The maximum Gasteiger partial charge on any atom is 0.333 e. The maximum absolute atomic E-state index is 11.9. The number of hydrogen-bond donors (Lipinski definition) is 0. The predicted octanol–water partition coefficient (Wildman–Crippen LogP) is 7.17. The number of allylic oxidation sites excluding steroid dienone is 5. The van der Waals surface area contributed by atoms with Crippen molar-refractivity contribution < 1.29 is 19.2 Å². The van der Waals surface area contributed by atoms with Gasteiger partial charge in [-0.3, -0.25) is 14.6 Å². The lowest BCUT2D eigenvalue weighted by atomic mass is 9.99. The van der Waals surface area contributed by atoms with Gasteiger partial charge in [-0.15, -0.1) is 5.06 Å². The minimum absolute atomic E-state index is 0.0910. The van der Waals surface area contributed by atoms with Crippen LogP contribution in [-0.2, 0) is 19.2 Å². The van der Waals surface area contributed by atoms with Crippen molar-refractivity contribution in [3.8, 4) is 22.4 Å². The van der Waals surface area contributed by atoms with Crippen molar-refractivity contribution in [1.29, 1.82) is 0 Å². The van der Waals surface area contributed by atoms with E-state index >= 15 is 0 Å². The molecule has 45 heavy (non-hydrogen) atoms. The topological polar surface area (TPSA) is 115 Å². The molecule has 1 fully saturated rings. The molecular weight excluding hydrogens is 586 g/mol. The molecule has 4 aromatic rings. The van der Waals surface area contributed by atoms with E-state index in [4.69, 9.17) is 9.82 Å². The Bertz CT molecular complexity index is 1760. The number of unbranched alkanes of at least 4 members (excludes halogenated alkanes) is 2. The Morgan fingerprint density at radius 3 is 2.31 bits per heavy atom. The van der Waals surface area contributed by atoms with Gasteiger partial charge < -0.3 is 4.84 Å². The number of carbonyl (C=O) groups is 3. The number of pyridine rings is 1. The molecule has 0 unspecified atom stereocenters. The van der Waals surface area contributed by atoms with E-state index in [0.29, 0.717) is 18.0 Å². The zero-order valence-electron chi connectivity index (χ0n) is 25.0. The molecule has 0 N–H and O–H groups in total. The highest BCUT2D eigenvalue weighted by molar-refractivity contribution is 7.00. The minimum atomic E-state index is -0.567. The van der Waals surface area contributed by atoms with Gasteiger partial charge >= 0.3 is 5.97 Å². The Labute approximate surface area is 266 Å². The summed E-state index contributed by atoms with van der Waals surface area (Å²) < 4.78 is 9.29. The van der Waals surface area contributed by atoms with Crippen molar-refractivity contribution in [2.24, 2.45) is 4.99 Å². The van der Waals surface area contributed by atoms with Gasteiger partial charge in [-0.05, 0) is 43.1 Å². The number of aromatic nitrogens is 3. The van der Waals surface area contributed by atoms with Crippen LogP contribution >= 0.6 is 11.7 Å². The van der Waals surface area contributed by atoms with Crippen molar-refractivity contribution in [3.63, 3.8) is 0 Å². The fourth-order valence-corrected chi connectivity index (χ4v) is 5.39. The summed E-state index contributed by atoms with van der Waals surface area (Å²) >= 11 is 1.19. The summed E-state index contributed by atoms with van der Waals surface area (Å²) in [6.45, 7) is 2.61. The lowest BCUT2D eigenvalue weighted by molar-refractivity contribution is -0.197. The predicted molar refractivity (Wildman–Crippen MR) is 177 cm³/mol. The first-order valence-corrected chi connectivity index (χ1v) is 15.6. The van der Waals surface area contributed by atoms with Crippen LogP contribution in [0.25, 0.3) is 39.5 Å². The van der Waals surface area contributed by atoms with Crippen molar-refractivity contribution in [2.45, 2.75) is 45.4 Å². The van der Waals surface area contributed by atoms with Gasteiger partial charge in [0, 0.05) is 43.1 Å². The van der Waals surface area contributed by atoms with Gasteiger partial charge in [-0.1, -0.05) is 85.3 Å². The second kappa shape index (κ2) is 15.6. The number of carbonyl (C=O) groups excluding carboxylic acids is 3. The lowest BCUT2D eigenvalue weighted by Crippen LogP contribution is -2.31. The van der Waals surface area contributed by atoms with E-state index in [1.54, 1.807) is 6.21 Å². The first-order valence-electron chi connectivity index (χ1n) is 14.9.